The lowest BCUT2D eigenvalue weighted by molar-refractivity contribution is -0.308. The lowest BCUT2D eigenvalue weighted by Gasteiger charge is -2.44. The molecule has 1 aliphatic heterocycles. The number of aryl methyl sites for hydroxylation is 1. The van der Waals surface area contributed by atoms with E-state index in [2.05, 4.69) is 0 Å². The van der Waals surface area contributed by atoms with E-state index in [1.54, 1.807) is 0 Å². The van der Waals surface area contributed by atoms with E-state index in [9.17, 15) is 19.2 Å². The molecule has 11 heteroatoms. The smallest absolute Gasteiger partial charge is 0.303 e. The van der Waals surface area contributed by atoms with E-state index in [1.807, 2.05) is 31.2 Å². The van der Waals surface area contributed by atoms with E-state index < -0.39 is 54.6 Å². The minimum Gasteiger partial charge on any atom is -0.494 e. The molecule has 0 bridgehead atoms. The van der Waals surface area contributed by atoms with E-state index in [0.717, 1.165) is 24.2 Å². The van der Waals surface area contributed by atoms with Gasteiger partial charge in [-0.25, -0.2) is 0 Å². The molecular weight excluding hydrogens is 488 g/mol. The second-order valence-electron chi connectivity index (χ2n) is 8.47. The van der Waals surface area contributed by atoms with Gasteiger partial charge in [-0.05, 0) is 43.9 Å². The van der Waals surface area contributed by atoms with Gasteiger partial charge in [0.25, 0.3) is 0 Å². The van der Waals surface area contributed by atoms with Crippen molar-refractivity contribution in [2.75, 3.05) is 19.8 Å². The number of esters is 4. The van der Waals surface area contributed by atoms with Gasteiger partial charge in [0.2, 0.25) is 0 Å². The van der Waals surface area contributed by atoms with E-state index in [-0.39, 0.29) is 13.2 Å². The van der Waals surface area contributed by atoms with Crippen LogP contribution in [-0.4, -0.2) is 74.4 Å². The Morgan fingerprint density at radius 2 is 1.38 bits per heavy atom. The topological polar surface area (TPSA) is 133 Å². The highest BCUT2D eigenvalue weighted by atomic mass is 16.7. The average molecular weight is 525 g/mol. The fraction of sp³-hybridized carbons (Fsp3) is 0.615. The van der Waals surface area contributed by atoms with Crippen LogP contribution in [-0.2, 0) is 54.0 Å². The quantitative estimate of drug-likeness (QED) is 0.214. The normalized spacial score (nSPS) is 23.0. The molecule has 1 aromatic carbocycles. The van der Waals surface area contributed by atoms with Crippen LogP contribution >= 0.6 is 0 Å². The van der Waals surface area contributed by atoms with Crippen LogP contribution in [0.1, 0.15) is 53.0 Å². The zero-order chi connectivity index (χ0) is 27.4. The van der Waals surface area contributed by atoms with E-state index in [0.29, 0.717) is 13.0 Å². The number of carbonyl (C=O) groups excluding carboxylic acids is 4. The van der Waals surface area contributed by atoms with Crippen molar-refractivity contribution in [3.05, 3.63) is 29.8 Å². The Morgan fingerprint density at radius 3 is 1.95 bits per heavy atom. The highest BCUT2D eigenvalue weighted by Crippen LogP contribution is 2.30. The summed E-state index contributed by atoms with van der Waals surface area (Å²) in [6.45, 7) is 7.22. The molecule has 1 aliphatic rings. The van der Waals surface area contributed by atoms with Gasteiger partial charge in [0, 0.05) is 34.3 Å². The maximum Gasteiger partial charge on any atom is 0.303 e. The van der Waals surface area contributed by atoms with Crippen LogP contribution in [0.2, 0.25) is 0 Å². The summed E-state index contributed by atoms with van der Waals surface area (Å²) in [7, 11) is 0. The zero-order valence-corrected chi connectivity index (χ0v) is 21.9. The third kappa shape index (κ3) is 10.4. The van der Waals surface area contributed by atoms with Gasteiger partial charge in [0.05, 0.1) is 6.61 Å². The summed E-state index contributed by atoms with van der Waals surface area (Å²) in [4.78, 5) is 46.9. The predicted molar refractivity (Wildman–Crippen MR) is 128 cm³/mol. The molecule has 1 heterocycles. The molecule has 0 N–H and O–H groups in total. The molecule has 0 radical (unpaired) electrons. The minimum absolute atomic E-state index is 0.241. The van der Waals surface area contributed by atoms with Gasteiger partial charge >= 0.3 is 23.9 Å². The lowest BCUT2D eigenvalue weighted by atomic mass is 9.98. The molecular formula is C26H36O11. The molecule has 11 nitrogen and oxygen atoms in total. The van der Waals surface area contributed by atoms with E-state index in [1.165, 1.54) is 27.7 Å². The highest BCUT2D eigenvalue weighted by Gasteiger charge is 2.52. The third-order valence-electron chi connectivity index (χ3n) is 5.32. The van der Waals surface area contributed by atoms with Crippen molar-refractivity contribution in [3.63, 3.8) is 0 Å². The monoisotopic (exact) mass is 524 g/mol. The summed E-state index contributed by atoms with van der Waals surface area (Å²) in [5, 5.41) is 0. The fourth-order valence-corrected chi connectivity index (χ4v) is 3.87. The Bertz CT molecular complexity index is 898. The highest BCUT2D eigenvalue weighted by molar-refractivity contribution is 5.68. The van der Waals surface area contributed by atoms with Crippen LogP contribution in [0.4, 0.5) is 0 Å². The molecule has 0 spiro atoms. The predicted octanol–water partition coefficient (Wildman–Crippen LogP) is 2.51. The first-order valence-corrected chi connectivity index (χ1v) is 12.2. The Balaban J connectivity index is 2.09. The van der Waals surface area contributed by atoms with Crippen molar-refractivity contribution >= 4 is 23.9 Å². The van der Waals surface area contributed by atoms with Crippen molar-refractivity contribution in [2.24, 2.45) is 0 Å². The van der Waals surface area contributed by atoms with Crippen LogP contribution in [0, 0.1) is 0 Å². The molecule has 0 amide bonds. The Labute approximate surface area is 216 Å². The van der Waals surface area contributed by atoms with Gasteiger partial charge in [-0.2, -0.15) is 0 Å². The second kappa shape index (κ2) is 15.2. The van der Waals surface area contributed by atoms with Gasteiger partial charge in [-0.15, -0.1) is 0 Å². The molecule has 0 aliphatic carbocycles. The standard InChI is InChI=1S/C26H36O11/c1-6-31-21-12-10-20(11-13-21)9-7-8-14-32-26-25(36-19(5)30)24(35-18(4)29)23(34-17(3)28)22(37-26)15-33-16(2)27/h10-13,22-26H,6-9,14-15H2,1-5H3. The summed E-state index contributed by atoms with van der Waals surface area (Å²) in [5.41, 5.74) is 1.15. The molecule has 5 unspecified atom stereocenters. The van der Waals surface area contributed by atoms with Crippen LogP contribution in [0.25, 0.3) is 0 Å². The number of carbonyl (C=O) groups is 4. The first-order valence-electron chi connectivity index (χ1n) is 12.2. The summed E-state index contributed by atoms with van der Waals surface area (Å²) < 4.78 is 38.4. The summed E-state index contributed by atoms with van der Waals surface area (Å²) in [6.07, 6.45) is -3.58. The molecule has 206 valence electrons. The summed E-state index contributed by atoms with van der Waals surface area (Å²) in [5.74, 6) is -1.81. The van der Waals surface area contributed by atoms with Crippen molar-refractivity contribution in [1.29, 1.82) is 0 Å². The maximum absolute atomic E-state index is 11.9. The number of hydrogen-bond donors (Lipinski definition) is 0. The van der Waals surface area contributed by atoms with Gasteiger partial charge in [0.1, 0.15) is 18.5 Å². The Hall–Kier alpha value is -3.18. The Morgan fingerprint density at radius 1 is 0.784 bits per heavy atom. The molecule has 1 aromatic rings. The molecule has 2 rings (SSSR count). The number of unbranched alkanes of at least 4 members (excludes halogenated alkanes) is 1. The van der Waals surface area contributed by atoms with Crippen molar-refractivity contribution in [2.45, 2.75) is 84.6 Å². The molecule has 5 atom stereocenters. The van der Waals surface area contributed by atoms with Crippen LogP contribution in [0.5, 0.6) is 5.75 Å². The molecule has 0 saturated carbocycles. The lowest BCUT2D eigenvalue weighted by Crippen LogP contribution is -2.63. The van der Waals surface area contributed by atoms with E-state index >= 15 is 0 Å². The third-order valence-corrected chi connectivity index (χ3v) is 5.32. The van der Waals surface area contributed by atoms with Crippen LogP contribution in [0.15, 0.2) is 24.3 Å². The van der Waals surface area contributed by atoms with Gasteiger partial charge in [-0.1, -0.05) is 12.1 Å². The largest absolute Gasteiger partial charge is 0.494 e. The molecule has 1 fully saturated rings. The van der Waals surface area contributed by atoms with Gasteiger partial charge in [0.15, 0.2) is 24.6 Å². The van der Waals surface area contributed by atoms with Crippen LogP contribution < -0.4 is 4.74 Å². The number of hydrogen-bond acceptors (Lipinski definition) is 11. The number of rotatable bonds is 13. The summed E-state index contributed by atoms with van der Waals surface area (Å²) in [6, 6.07) is 7.86. The molecule has 1 saturated heterocycles. The maximum atomic E-state index is 11.9. The molecule has 0 aromatic heterocycles. The van der Waals surface area contributed by atoms with Gasteiger partial charge in [-0.3, -0.25) is 19.2 Å². The van der Waals surface area contributed by atoms with Gasteiger partial charge < -0.3 is 33.2 Å². The van der Waals surface area contributed by atoms with E-state index in [4.69, 9.17) is 33.2 Å². The SMILES string of the molecule is CCOc1ccc(CCCCOC2OC(COC(C)=O)C(OC(C)=O)C(OC(C)=O)C2OC(C)=O)cc1. The molecule has 37 heavy (non-hydrogen) atoms. The van der Waals surface area contributed by atoms with Crippen molar-refractivity contribution in [1.82, 2.24) is 0 Å². The van der Waals surface area contributed by atoms with Crippen molar-refractivity contribution < 1.29 is 52.3 Å². The van der Waals surface area contributed by atoms with Crippen LogP contribution in [0.3, 0.4) is 0 Å². The summed E-state index contributed by atoms with van der Waals surface area (Å²) >= 11 is 0. The minimum atomic E-state index is -1.24. The van der Waals surface area contributed by atoms with Crippen molar-refractivity contribution in [3.8, 4) is 5.75 Å². The first kappa shape index (κ1) is 30.0. The average Bonchev–Trinajstić information content (AvgIpc) is 2.81. The Kier molecular flexibility index (Phi) is 12.3. The first-order chi connectivity index (χ1) is 17.6. The zero-order valence-electron chi connectivity index (χ0n) is 21.9. The second-order valence-corrected chi connectivity index (χ2v) is 8.47. The number of benzene rings is 1. The number of ether oxygens (including phenoxy) is 7. The fourth-order valence-electron chi connectivity index (χ4n) is 3.87.